The van der Waals surface area contributed by atoms with Gasteiger partial charge >= 0.3 is 6.09 Å². The van der Waals surface area contributed by atoms with Gasteiger partial charge in [-0.15, -0.1) is 5.11 Å². The molecule has 0 spiro atoms. The number of rotatable bonds is 3. The Balaban J connectivity index is 2.94. The minimum atomic E-state index is -1.24. The van der Waals surface area contributed by atoms with Gasteiger partial charge in [0.25, 0.3) is 5.69 Å². The van der Waals surface area contributed by atoms with Crippen LogP contribution in [0.25, 0.3) is 0 Å². The number of aryl methyl sites for hydroxylation is 1. The van der Waals surface area contributed by atoms with Crippen molar-refractivity contribution in [2.45, 2.75) is 6.92 Å². The summed E-state index contributed by atoms with van der Waals surface area (Å²) in [6, 6.07) is 4.03. The van der Waals surface area contributed by atoms with Gasteiger partial charge in [-0.25, -0.2) is 4.79 Å². The zero-order valence-electron chi connectivity index (χ0n) is 9.19. The lowest BCUT2D eigenvalue weighted by molar-refractivity contribution is -0.384. The number of non-ortho nitro benzene ring substituents is 1. The third-order valence-corrected chi connectivity index (χ3v) is 1.95. The van der Waals surface area contributed by atoms with E-state index in [9.17, 15) is 14.9 Å². The molecule has 0 bridgehead atoms. The Kier molecular flexibility index (Phi) is 3.70. The lowest BCUT2D eigenvalue weighted by Gasteiger charge is -2.03. The SMILES string of the molecule is Cc1cc([N+](=O)[O-])ccc1N=NN(C)C(=O)O. The molecule has 0 aliphatic heterocycles. The number of hydrogen-bond donors (Lipinski definition) is 1. The Morgan fingerprint density at radius 1 is 1.53 bits per heavy atom. The van der Waals surface area contributed by atoms with Crippen molar-refractivity contribution in [2.24, 2.45) is 10.3 Å². The maximum absolute atomic E-state index is 10.5. The Morgan fingerprint density at radius 3 is 2.65 bits per heavy atom. The first-order valence-electron chi connectivity index (χ1n) is 4.55. The van der Waals surface area contributed by atoms with Gasteiger partial charge in [0, 0.05) is 19.2 Å². The van der Waals surface area contributed by atoms with Gasteiger partial charge in [-0.05, 0) is 18.6 Å². The summed E-state index contributed by atoms with van der Waals surface area (Å²) < 4.78 is 0. The Hall–Kier alpha value is -2.51. The average molecular weight is 238 g/mol. The van der Waals surface area contributed by atoms with Gasteiger partial charge in [0.1, 0.15) is 0 Å². The smallest absolute Gasteiger partial charge is 0.429 e. The zero-order chi connectivity index (χ0) is 13.0. The highest BCUT2D eigenvalue weighted by Crippen LogP contribution is 2.23. The maximum Gasteiger partial charge on any atom is 0.429 e. The number of carbonyl (C=O) groups is 1. The Bertz CT molecular complexity index is 486. The third kappa shape index (κ3) is 3.23. The fraction of sp³-hybridized carbons (Fsp3) is 0.222. The molecule has 8 heteroatoms. The molecule has 0 saturated carbocycles. The predicted octanol–water partition coefficient (Wildman–Crippen LogP) is 2.51. The second-order valence-corrected chi connectivity index (χ2v) is 3.22. The summed E-state index contributed by atoms with van der Waals surface area (Å²) >= 11 is 0. The van der Waals surface area contributed by atoms with Crippen LogP contribution in [-0.4, -0.2) is 28.2 Å². The van der Waals surface area contributed by atoms with Crippen LogP contribution in [0.5, 0.6) is 0 Å². The molecule has 0 unspecified atom stereocenters. The first-order chi connectivity index (χ1) is 7.91. The second kappa shape index (κ2) is 5.01. The number of amides is 1. The number of nitro benzene ring substituents is 1. The quantitative estimate of drug-likeness (QED) is 0.495. The van der Waals surface area contributed by atoms with Gasteiger partial charge in [0.2, 0.25) is 0 Å². The van der Waals surface area contributed by atoms with E-state index >= 15 is 0 Å². The molecule has 1 aromatic carbocycles. The molecule has 0 atom stereocenters. The maximum atomic E-state index is 10.5. The van der Waals surface area contributed by atoms with Crippen LogP contribution in [0.4, 0.5) is 16.2 Å². The molecule has 8 nitrogen and oxygen atoms in total. The molecule has 0 saturated heterocycles. The first kappa shape index (κ1) is 12.6. The third-order valence-electron chi connectivity index (χ3n) is 1.95. The molecule has 90 valence electrons. The van der Waals surface area contributed by atoms with E-state index in [1.807, 2.05) is 0 Å². The van der Waals surface area contributed by atoms with E-state index in [1.165, 1.54) is 25.2 Å². The Labute approximate surface area is 96.3 Å². The standard InChI is InChI=1S/C9H10N4O4/c1-6-5-7(13(16)17)3-4-8(6)10-11-12(2)9(14)15/h3-5H,1-2H3,(H,14,15). The lowest BCUT2D eigenvalue weighted by atomic mass is 10.2. The van der Waals surface area contributed by atoms with E-state index in [0.29, 0.717) is 16.3 Å². The van der Waals surface area contributed by atoms with E-state index in [2.05, 4.69) is 10.3 Å². The summed E-state index contributed by atoms with van der Waals surface area (Å²) in [7, 11) is 1.23. The summed E-state index contributed by atoms with van der Waals surface area (Å²) in [6.45, 7) is 1.63. The van der Waals surface area contributed by atoms with Gasteiger partial charge < -0.3 is 5.11 Å². The topological polar surface area (TPSA) is 108 Å². The van der Waals surface area contributed by atoms with Crippen LogP contribution in [0.3, 0.4) is 0 Å². The predicted molar refractivity (Wildman–Crippen MR) is 58.1 cm³/mol. The molecule has 1 rings (SSSR count). The van der Waals surface area contributed by atoms with Crippen LogP contribution < -0.4 is 0 Å². The van der Waals surface area contributed by atoms with Gasteiger partial charge in [-0.2, -0.15) is 5.01 Å². The monoisotopic (exact) mass is 238 g/mol. The van der Waals surface area contributed by atoms with Crippen LogP contribution >= 0.6 is 0 Å². The highest BCUT2D eigenvalue weighted by molar-refractivity contribution is 5.63. The van der Waals surface area contributed by atoms with Crippen molar-refractivity contribution >= 4 is 17.5 Å². The molecular formula is C9H10N4O4. The molecular weight excluding hydrogens is 228 g/mol. The highest BCUT2D eigenvalue weighted by Gasteiger charge is 2.08. The van der Waals surface area contributed by atoms with Crippen LogP contribution in [0, 0.1) is 17.0 Å². The summed E-state index contributed by atoms with van der Waals surface area (Å²) in [5, 5.41) is 26.7. The van der Waals surface area contributed by atoms with Gasteiger partial charge in [0.15, 0.2) is 0 Å². The van der Waals surface area contributed by atoms with Crippen molar-refractivity contribution in [1.29, 1.82) is 0 Å². The van der Waals surface area contributed by atoms with Crippen molar-refractivity contribution in [1.82, 2.24) is 5.01 Å². The summed E-state index contributed by atoms with van der Waals surface area (Å²) in [5.41, 5.74) is 0.874. The minimum Gasteiger partial charge on any atom is -0.464 e. The van der Waals surface area contributed by atoms with Crippen LogP contribution in [0.2, 0.25) is 0 Å². The summed E-state index contributed by atoms with van der Waals surface area (Å²) in [4.78, 5) is 20.4. The molecule has 0 radical (unpaired) electrons. The van der Waals surface area contributed by atoms with E-state index < -0.39 is 11.0 Å². The van der Waals surface area contributed by atoms with E-state index in [-0.39, 0.29) is 5.69 Å². The molecule has 0 heterocycles. The molecule has 0 fully saturated rings. The molecule has 17 heavy (non-hydrogen) atoms. The minimum absolute atomic E-state index is 0.0481. The normalized spacial score (nSPS) is 10.5. The van der Waals surface area contributed by atoms with Crippen LogP contribution in [0.1, 0.15) is 5.56 Å². The van der Waals surface area contributed by atoms with Gasteiger partial charge in [0.05, 0.1) is 10.6 Å². The van der Waals surface area contributed by atoms with E-state index in [1.54, 1.807) is 6.92 Å². The molecule has 0 aromatic heterocycles. The second-order valence-electron chi connectivity index (χ2n) is 3.22. The number of nitro groups is 1. The zero-order valence-corrected chi connectivity index (χ0v) is 9.19. The van der Waals surface area contributed by atoms with E-state index in [0.717, 1.165) is 0 Å². The number of carboxylic acid groups (broad SMARTS) is 1. The van der Waals surface area contributed by atoms with E-state index in [4.69, 9.17) is 5.11 Å². The summed E-state index contributed by atoms with van der Waals surface area (Å²) in [6.07, 6.45) is -1.24. The number of benzene rings is 1. The highest BCUT2D eigenvalue weighted by atomic mass is 16.6. The van der Waals surface area contributed by atoms with Gasteiger partial charge in [-0.1, -0.05) is 5.22 Å². The Morgan fingerprint density at radius 2 is 2.18 bits per heavy atom. The van der Waals surface area contributed by atoms with Crippen LogP contribution in [0.15, 0.2) is 28.5 Å². The molecule has 1 N–H and O–H groups in total. The van der Waals surface area contributed by atoms with Crippen molar-refractivity contribution in [3.05, 3.63) is 33.9 Å². The number of nitrogens with zero attached hydrogens (tertiary/aromatic N) is 4. The fourth-order valence-corrected chi connectivity index (χ4v) is 1.02. The van der Waals surface area contributed by atoms with Crippen molar-refractivity contribution in [3.8, 4) is 0 Å². The largest absolute Gasteiger partial charge is 0.464 e. The lowest BCUT2D eigenvalue weighted by Crippen LogP contribution is -2.17. The average Bonchev–Trinajstić information content (AvgIpc) is 2.26. The molecule has 1 aromatic rings. The first-order valence-corrected chi connectivity index (χ1v) is 4.55. The summed E-state index contributed by atoms with van der Waals surface area (Å²) in [5.74, 6) is 0. The molecule has 0 aliphatic carbocycles. The fourth-order valence-electron chi connectivity index (χ4n) is 1.02. The van der Waals surface area contributed by atoms with Crippen molar-refractivity contribution < 1.29 is 14.8 Å². The van der Waals surface area contributed by atoms with Crippen LogP contribution in [-0.2, 0) is 0 Å². The molecule has 1 amide bonds. The van der Waals surface area contributed by atoms with Gasteiger partial charge in [-0.3, -0.25) is 10.1 Å². The molecule has 0 aliphatic rings. The number of hydrogen-bond acceptors (Lipinski definition) is 5. The van der Waals surface area contributed by atoms with Crippen molar-refractivity contribution in [3.63, 3.8) is 0 Å². The van der Waals surface area contributed by atoms with Crippen molar-refractivity contribution in [2.75, 3.05) is 7.05 Å².